The van der Waals surface area contributed by atoms with Crippen LogP contribution in [-0.2, 0) is 11.2 Å². The summed E-state index contributed by atoms with van der Waals surface area (Å²) in [5.74, 6) is 0.222. The van der Waals surface area contributed by atoms with E-state index in [-0.39, 0.29) is 12.0 Å². The zero-order chi connectivity index (χ0) is 22.9. The van der Waals surface area contributed by atoms with Crippen LogP contribution in [0.15, 0.2) is 42.5 Å². The number of benzene rings is 2. The molecule has 33 heavy (non-hydrogen) atoms. The van der Waals surface area contributed by atoms with Gasteiger partial charge in [0.2, 0.25) is 5.91 Å². The zero-order valence-electron chi connectivity index (χ0n) is 19.3. The van der Waals surface area contributed by atoms with Crippen molar-refractivity contribution in [2.24, 2.45) is 0 Å². The SMILES string of the molecule is CC(C)Oc1nc2cc(Cl)ccc2n1C1CCN(CCCN2C(=O)Cc3ccccc32)CC1. The fourth-order valence-corrected chi connectivity index (χ4v) is 5.28. The van der Waals surface area contributed by atoms with E-state index in [9.17, 15) is 4.79 Å². The second kappa shape index (κ2) is 9.35. The first-order valence-corrected chi connectivity index (χ1v) is 12.3. The van der Waals surface area contributed by atoms with Crippen LogP contribution in [0.3, 0.4) is 0 Å². The summed E-state index contributed by atoms with van der Waals surface area (Å²) in [6.45, 7) is 7.92. The summed E-state index contributed by atoms with van der Waals surface area (Å²) in [6, 6.07) is 15.1. The third-order valence-corrected chi connectivity index (χ3v) is 6.90. The highest BCUT2D eigenvalue weighted by molar-refractivity contribution is 6.31. The highest BCUT2D eigenvalue weighted by Crippen LogP contribution is 2.34. The largest absolute Gasteiger partial charge is 0.462 e. The Hall–Kier alpha value is -2.57. The van der Waals surface area contributed by atoms with Gasteiger partial charge in [0.25, 0.3) is 6.01 Å². The first-order valence-electron chi connectivity index (χ1n) is 11.9. The van der Waals surface area contributed by atoms with Crippen molar-refractivity contribution in [1.29, 1.82) is 0 Å². The van der Waals surface area contributed by atoms with Crippen LogP contribution >= 0.6 is 11.6 Å². The molecule has 2 aromatic carbocycles. The zero-order valence-corrected chi connectivity index (χ0v) is 20.1. The molecule has 0 aliphatic carbocycles. The lowest BCUT2D eigenvalue weighted by atomic mass is 10.0. The number of fused-ring (bicyclic) bond motifs is 2. The number of imidazole rings is 1. The van der Waals surface area contributed by atoms with E-state index in [0.29, 0.717) is 23.5 Å². The first kappa shape index (κ1) is 22.2. The fraction of sp³-hybridized carbons (Fsp3) is 0.462. The smallest absolute Gasteiger partial charge is 0.297 e. The van der Waals surface area contributed by atoms with Gasteiger partial charge in [0.15, 0.2) is 0 Å². The Labute approximate surface area is 200 Å². The molecule has 5 rings (SSSR count). The van der Waals surface area contributed by atoms with E-state index in [0.717, 1.165) is 67.7 Å². The molecule has 1 aromatic heterocycles. The molecular weight excluding hydrogens is 436 g/mol. The second-order valence-electron chi connectivity index (χ2n) is 9.34. The minimum atomic E-state index is 0.0644. The Morgan fingerprint density at radius 3 is 2.70 bits per heavy atom. The molecular formula is C26H31ClN4O2. The van der Waals surface area contributed by atoms with Gasteiger partial charge in [0, 0.05) is 36.4 Å². The van der Waals surface area contributed by atoms with Gasteiger partial charge >= 0.3 is 0 Å². The summed E-state index contributed by atoms with van der Waals surface area (Å²) < 4.78 is 8.34. The van der Waals surface area contributed by atoms with E-state index in [1.165, 1.54) is 0 Å². The third kappa shape index (κ3) is 4.59. The maximum atomic E-state index is 12.4. The summed E-state index contributed by atoms with van der Waals surface area (Å²) in [6.07, 6.45) is 3.68. The number of likely N-dealkylation sites (tertiary alicyclic amines) is 1. The van der Waals surface area contributed by atoms with Gasteiger partial charge in [0.1, 0.15) is 0 Å². The molecule has 2 aliphatic heterocycles. The number of halogens is 1. The average molecular weight is 467 g/mol. The minimum absolute atomic E-state index is 0.0644. The van der Waals surface area contributed by atoms with Gasteiger partial charge in [-0.1, -0.05) is 29.8 Å². The molecule has 0 spiro atoms. The standard InChI is InChI=1S/C26H31ClN4O2/c1-18(2)33-26-28-22-17-20(27)8-9-24(22)31(26)21-10-14-29(15-11-21)12-5-13-30-23-7-4-3-6-19(23)16-25(30)32/h3-4,6-9,17-18,21H,5,10-16H2,1-2H3. The number of carbonyl (C=O) groups excluding carboxylic acids is 1. The number of hydrogen-bond acceptors (Lipinski definition) is 4. The molecule has 0 bridgehead atoms. The molecule has 0 radical (unpaired) electrons. The molecule has 0 unspecified atom stereocenters. The van der Waals surface area contributed by atoms with Crippen molar-refractivity contribution < 1.29 is 9.53 Å². The van der Waals surface area contributed by atoms with Crippen molar-refractivity contribution in [2.75, 3.05) is 31.1 Å². The van der Waals surface area contributed by atoms with Gasteiger partial charge in [-0.2, -0.15) is 4.98 Å². The van der Waals surface area contributed by atoms with Gasteiger partial charge in [-0.15, -0.1) is 0 Å². The number of carbonyl (C=O) groups is 1. The van der Waals surface area contributed by atoms with Crippen LogP contribution < -0.4 is 9.64 Å². The molecule has 6 nitrogen and oxygen atoms in total. The molecule has 1 saturated heterocycles. The van der Waals surface area contributed by atoms with Crippen LogP contribution in [0.25, 0.3) is 11.0 Å². The minimum Gasteiger partial charge on any atom is -0.462 e. The molecule has 3 heterocycles. The topological polar surface area (TPSA) is 50.6 Å². The van der Waals surface area contributed by atoms with Crippen LogP contribution in [0.1, 0.15) is 44.7 Å². The van der Waals surface area contributed by atoms with E-state index in [2.05, 4.69) is 27.7 Å². The Balaban J connectivity index is 1.20. The van der Waals surface area contributed by atoms with Crippen LogP contribution in [0.2, 0.25) is 5.02 Å². The van der Waals surface area contributed by atoms with E-state index < -0.39 is 0 Å². The number of rotatable bonds is 7. The Kier molecular flexibility index (Phi) is 6.30. The lowest BCUT2D eigenvalue weighted by Crippen LogP contribution is -2.37. The number of nitrogens with zero attached hydrogens (tertiary/aromatic N) is 4. The van der Waals surface area contributed by atoms with Gasteiger partial charge in [-0.25, -0.2) is 0 Å². The lowest BCUT2D eigenvalue weighted by Gasteiger charge is -2.33. The fourth-order valence-electron chi connectivity index (χ4n) is 5.11. The molecule has 0 saturated carbocycles. The predicted octanol–water partition coefficient (Wildman–Crippen LogP) is 5.09. The van der Waals surface area contributed by atoms with E-state index in [1.54, 1.807) is 0 Å². The Bertz CT molecular complexity index is 1150. The van der Waals surface area contributed by atoms with Crippen molar-refractivity contribution in [3.63, 3.8) is 0 Å². The van der Waals surface area contributed by atoms with Crippen LogP contribution in [-0.4, -0.2) is 52.6 Å². The monoisotopic (exact) mass is 466 g/mol. The van der Waals surface area contributed by atoms with Crippen LogP contribution in [0.4, 0.5) is 5.69 Å². The maximum Gasteiger partial charge on any atom is 0.297 e. The van der Waals surface area contributed by atoms with E-state index in [4.69, 9.17) is 21.3 Å². The molecule has 1 fully saturated rings. The average Bonchev–Trinajstić information content (AvgIpc) is 3.30. The number of para-hydroxylation sites is 1. The van der Waals surface area contributed by atoms with Crippen molar-refractivity contribution >= 4 is 34.2 Å². The van der Waals surface area contributed by atoms with Crippen molar-refractivity contribution in [1.82, 2.24) is 14.5 Å². The number of aromatic nitrogens is 2. The number of piperidine rings is 1. The van der Waals surface area contributed by atoms with Gasteiger partial charge in [-0.3, -0.25) is 9.36 Å². The molecule has 3 aromatic rings. The van der Waals surface area contributed by atoms with Gasteiger partial charge in [0.05, 0.1) is 23.6 Å². The number of ether oxygens (including phenoxy) is 1. The number of amides is 1. The maximum absolute atomic E-state index is 12.4. The molecule has 1 amide bonds. The first-order chi connectivity index (χ1) is 16.0. The highest BCUT2D eigenvalue weighted by atomic mass is 35.5. The molecule has 0 N–H and O–H groups in total. The Morgan fingerprint density at radius 1 is 1.12 bits per heavy atom. The van der Waals surface area contributed by atoms with Crippen molar-refractivity contribution in [2.45, 2.75) is 51.7 Å². The van der Waals surface area contributed by atoms with E-state index in [1.807, 2.05) is 43.0 Å². The van der Waals surface area contributed by atoms with Crippen LogP contribution in [0.5, 0.6) is 6.01 Å². The summed E-state index contributed by atoms with van der Waals surface area (Å²) >= 11 is 6.20. The highest BCUT2D eigenvalue weighted by Gasteiger charge is 2.28. The van der Waals surface area contributed by atoms with Crippen LogP contribution in [0, 0.1) is 0 Å². The normalized spacial score (nSPS) is 17.3. The molecule has 2 aliphatic rings. The van der Waals surface area contributed by atoms with Gasteiger partial charge < -0.3 is 14.5 Å². The Morgan fingerprint density at radius 2 is 1.91 bits per heavy atom. The quantitative estimate of drug-likeness (QED) is 0.486. The number of hydrogen-bond donors (Lipinski definition) is 0. The van der Waals surface area contributed by atoms with Crippen molar-refractivity contribution in [3.05, 3.63) is 53.1 Å². The third-order valence-electron chi connectivity index (χ3n) is 6.66. The molecule has 0 atom stereocenters. The summed E-state index contributed by atoms with van der Waals surface area (Å²) in [4.78, 5) is 21.6. The van der Waals surface area contributed by atoms with Gasteiger partial charge in [-0.05, 0) is 69.5 Å². The summed E-state index contributed by atoms with van der Waals surface area (Å²) in [5, 5.41) is 0.692. The molecule has 7 heteroatoms. The summed E-state index contributed by atoms with van der Waals surface area (Å²) in [7, 11) is 0. The number of anilines is 1. The summed E-state index contributed by atoms with van der Waals surface area (Å²) in [5.41, 5.74) is 4.21. The second-order valence-corrected chi connectivity index (χ2v) is 9.78. The lowest BCUT2D eigenvalue weighted by molar-refractivity contribution is -0.117. The van der Waals surface area contributed by atoms with Crippen molar-refractivity contribution in [3.8, 4) is 6.01 Å². The van der Waals surface area contributed by atoms with E-state index >= 15 is 0 Å². The molecule has 174 valence electrons. The predicted molar refractivity (Wildman–Crippen MR) is 132 cm³/mol.